The summed E-state index contributed by atoms with van der Waals surface area (Å²) in [5, 5.41) is 12.1. The van der Waals surface area contributed by atoms with Gasteiger partial charge in [-0.3, -0.25) is 0 Å². The van der Waals surface area contributed by atoms with Gasteiger partial charge in [0.1, 0.15) is 0 Å². The zero-order chi connectivity index (χ0) is 13.6. The number of methoxy groups -OCH3 is 1. The number of benzene rings is 2. The first-order valence-corrected chi connectivity index (χ1v) is 7.26. The highest BCUT2D eigenvalue weighted by Gasteiger charge is 2.24. The molecule has 0 amide bonds. The van der Waals surface area contributed by atoms with Crippen LogP contribution in [0.3, 0.4) is 0 Å². The maximum absolute atomic E-state index is 12.1. The highest BCUT2D eigenvalue weighted by molar-refractivity contribution is 9.10. The third kappa shape index (κ3) is 1.99. The van der Waals surface area contributed by atoms with Gasteiger partial charge < -0.3 is 9.84 Å². The van der Waals surface area contributed by atoms with Crippen LogP contribution in [0.1, 0.15) is 11.1 Å². The van der Waals surface area contributed by atoms with Gasteiger partial charge in [-0.15, -0.1) is 0 Å². The SMILES string of the molecule is COC([O-])=C1c2cc(Br)ccc2-c2ccc(Br)cc21. The van der Waals surface area contributed by atoms with Crippen molar-refractivity contribution in [3.8, 4) is 11.1 Å². The minimum Gasteiger partial charge on any atom is -0.616 e. The van der Waals surface area contributed by atoms with Gasteiger partial charge in [0.15, 0.2) is 0 Å². The molecule has 96 valence electrons. The predicted molar refractivity (Wildman–Crippen MR) is 80.3 cm³/mol. The van der Waals surface area contributed by atoms with Crippen LogP contribution < -0.4 is 5.11 Å². The highest BCUT2D eigenvalue weighted by Crippen LogP contribution is 2.46. The van der Waals surface area contributed by atoms with E-state index in [1.165, 1.54) is 7.11 Å². The van der Waals surface area contributed by atoms with Crippen LogP contribution in [-0.2, 0) is 4.74 Å². The van der Waals surface area contributed by atoms with Crippen molar-refractivity contribution in [3.63, 3.8) is 0 Å². The molecule has 0 fully saturated rings. The lowest BCUT2D eigenvalue weighted by atomic mass is 10.1. The number of ether oxygens (including phenoxy) is 1. The molecule has 1 aliphatic rings. The lowest BCUT2D eigenvalue weighted by Crippen LogP contribution is -2.08. The summed E-state index contributed by atoms with van der Waals surface area (Å²) in [6.45, 7) is 0. The van der Waals surface area contributed by atoms with E-state index in [9.17, 15) is 5.11 Å². The third-order valence-corrected chi connectivity index (χ3v) is 4.17. The van der Waals surface area contributed by atoms with Gasteiger partial charge in [0.25, 0.3) is 0 Å². The van der Waals surface area contributed by atoms with Crippen LogP contribution >= 0.6 is 31.9 Å². The molecule has 0 aliphatic heterocycles. The molecule has 0 atom stereocenters. The van der Waals surface area contributed by atoms with E-state index in [0.717, 1.165) is 31.2 Å². The standard InChI is InChI=1S/C15H10Br2O2/c1-19-15(18)14-12-6-8(16)2-4-10(12)11-5-3-9(17)7-13(11)14/h2-7,18H,1H3/p-1. The van der Waals surface area contributed by atoms with Crippen LogP contribution in [0.2, 0.25) is 0 Å². The van der Waals surface area contributed by atoms with Gasteiger partial charge in [-0.05, 0) is 53.6 Å². The van der Waals surface area contributed by atoms with Crippen LogP contribution in [-0.4, -0.2) is 7.11 Å². The molecule has 0 saturated carbocycles. The molecular formula is C15H9Br2O2-. The first kappa shape index (κ1) is 12.8. The highest BCUT2D eigenvalue weighted by atomic mass is 79.9. The van der Waals surface area contributed by atoms with Crippen molar-refractivity contribution in [2.75, 3.05) is 7.11 Å². The van der Waals surface area contributed by atoms with Gasteiger partial charge in [0, 0.05) is 14.5 Å². The molecule has 0 radical (unpaired) electrons. The average Bonchev–Trinajstić information content (AvgIpc) is 2.70. The zero-order valence-corrected chi connectivity index (χ0v) is 13.2. The van der Waals surface area contributed by atoms with Crippen molar-refractivity contribution in [3.05, 3.63) is 62.4 Å². The Bertz CT molecular complexity index is 652. The first-order valence-electron chi connectivity index (χ1n) is 5.67. The summed E-state index contributed by atoms with van der Waals surface area (Å²) in [7, 11) is 1.41. The van der Waals surface area contributed by atoms with E-state index in [-0.39, 0.29) is 5.95 Å². The maximum Gasteiger partial charge on any atom is 0.0597 e. The Morgan fingerprint density at radius 1 is 0.895 bits per heavy atom. The fourth-order valence-corrected chi connectivity index (χ4v) is 3.11. The molecule has 1 aliphatic carbocycles. The normalized spacial score (nSPS) is 12.1. The van der Waals surface area contributed by atoms with Gasteiger partial charge in [0.2, 0.25) is 0 Å². The molecule has 0 aromatic heterocycles. The second-order valence-electron chi connectivity index (χ2n) is 4.25. The summed E-state index contributed by atoms with van der Waals surface area (Å²) in [6.07, 6.45) is 0. The van der Waals surface area contributed by atoms with E-state index in [2.05, 4.69) is 31.9 Å². The summed E-state index contributed by atoms with van der Waals surface area (Å²) >= 11 is 6.90. The predicted octanol–water partition coefficient (Wildman–Crippen LogP) is 3.92. The van der Waals surface area contributed by atoms with Gasteiger partial charge in [-0.25, -0.2) is 0 Å². The van der Waals surface area contributed by atoms with Gasteiger partial charge >= 0.3 is 0 Å². The minimum absolute atomic E-state index is 0.309. The van der Waals surface area contributed by atoms with Gasteiger partial charge in [0.05, 0.1) is 5.95 Å². The van der Waals surface area contributed by atoms with Gasteiger partial charge in [-0.1, -0.05) is 44.0 Å². The number of fused-ring (bicyclic) bond motifs is 3. The summed E-state index contributed by atoms with van der Waals surface area (Å²) in [5.74, 6) is -0.309. The quantitative estimate of drug-likeness (QED) is 0.599. The summed E-state index contributed by atoms with van der Waals surface area (Å²) in [4.78, 5) is 0. The van der Waals surface area contributed by atoms with Crippen molar-refractivity contribution in [1.29, 1.82) is 0 Å². The monoisotopic (exact) mass is 379 g/mol. The Balaban J connectivity index is 2.39. The maximum atomic E-state index is 12.1. The molecule has 0 bridgehead atoms. The number of hydrogen-bond acceptors (Lipinski definition) is 2. The fraction of sp³-hybridized carbons (Fsp3) is 0.0667. The number of halogens is 2. The van der Waals surface area contributed by atoms with Crippen molar-refractivity contribution >= 4 is 37.4 Å². The average molecular weight is 381 g/mol. The molecule has 2 aromatic carbocycles. The first-order chi connectivity index (χ1) is 9.11. The second-order valence-corrected chi connectivity index (χ2v) is 6.08. The van der Waals surface area contributed by atoms with Crippen LogP contribution in [0.4, 0.5) is 0 Å². The molecule has 0 heterocycles. The third-order valence-electron chi connectivity index (χ3n) is 3.18. The molecule has 4 heteroatoms. The number of rotatable bonds is 1. The largest absolute Gasteiger partial charge is 0.616 e. The zero-order valence-electron chi connectivity index (χ0n) is 10.0. The van der Waals surface area contributed by atoms with Crippen molar-refractivity contribution in [2.24, 2.45) is 0 Å². The molecule has 0 spiro atoms. The van der Waals surface area contributed by atoms with E-state index >= 15 is 0 Å². The topological polar surface area (TPSA) is 32.3 Å². The molecular weight excluding hydrogens is 372 g/mol. The molecule has 19 heavy (non-hydrogen) atoms. The molecule has 0 N–H and O–H groups in total. The van der Waals surface area contributed by atoms with E-state index in [0.29, 0.717) is 5.57 Å². The van der Waals surface area contributed by atoms with E-state index < -0.39 is 0 Å². The fourth-order valence-electron chi connectivity index (χ4n) is 2.38. The van der Waals surface area contributed by atoms with Gasteiger partial charge in [-0.2, -0.15) is 0 Å². The van der Waals surface area contributed by atoms with Crippen LogP contribution in [0.15, 0.2) is 51.3 Å². The Hall–Kier alpha value is -1.26. The van der Waals surface area contributed by atoms with E-state index in [4.69, 9.17) is 4.74 Å². The molecule has 3 rings (SSSR count). The number of hydrogen-bond donors (Lipinski definition) is 0. The van der Waals surface area contributed by atoms with Crippen LogP contribution in [0.25, 0.3) is 16.7 Å². The lowest BCUT2D eigenvalue weighted by Gasteiger charge is -2.15. The minimum atomic E-state index is -0.309. The smallest absolute Gasteiger partial charge is 0.0597 e. The van der Waals surface area contributed by atoms with Crippen molar-refractivity contribution < 1.29 is 9.84 Å². The Kier molecular flexibility index (Phi) is 3.15. The molecule has 0 saturated heterocycles. The Morgan fingerprint density at radius 3 is 1.79 bits per heavy atom. The van der Waals surface area contributed by atoms with Crippen molar-refractivity contribution in [2.45, 2.75) is 0 Å². The molecule has 2 aromatic rings. The molecule has 2 nitrogen and oxygen atoms in total. The summed E-state index contributed by atoms with van der Waals surface area (Å²) in [6, 6.07) is 11.9. The van der Waals surface area contributed by atoms with Crippen molar-refractivity contribution in [1.82, 2.24) is 0 Å². The summed E-state index contributed by atoms with van der Waals surface area (Å²) in [5.41, 5.74) is 4.57. The Morgan fingerprint density at radius 2 is 1.37 bits per heavy atom. The Labute approximate surface area is 128 Å². The summed E-state index contributed by atoms with van der Waals surface area (Å²) < 4.78 is 6.81. The van der Waals surface area contributed by atoms with E-state index in [1.807, 2.05) is 36.4 Å². The lowest BCUT2D eigenvalue weighted by molar-refractivity contribution is -0.351. The van der Waals surface area contributed by atoms with Crippen LogP contribution in [0, 0.1) is 0 Å². The molecule has 0 unspecified atom stereocenters. The van der Waals surface area contributed by atoms with E-state index in [1.54, 1.807) is 0 Å². The van der Waals surface area contributed by atoms with Crippen LogP contribution in [0.5, 0.6) is 0 Å². The second kappa shape index (κ2) is 4.69.